The lowest BCUT2D eigenvalue weighted by atomic mass is 9.95. The quantitative estimate of drug-likeness (QED) is 0.671. The predicted molar refractivity (Wildman–Crippen MR) is 110 cm³/mol. The Morgan fingerprint density at radius 1 is 1.10 bits per heavy atom. The van der Waals surface area contributed by atoms with Gasteiger partial charge in [-0.2, -0.15) is 10.1 Å². The second-order valence-electron chi connectivity index (χ2n) is 7.57. The van der Waals surface area contributed by atoms with E-state index in [1.165, 1.54) is 0 Å². The van der Waals surface area contributed by atoms with Crippen LogP contribution in [-0.2, 0) is 4.74 Å². The van der Waals surface area contributed by atoms with E-state index in [9.17, 15) is 0 Å². The first-order valence-electron chi connectivity index (χ1n) is 10.1. The van der Waals surface area contributed by atoms with Gasteiger partial charge in [0.15, 0.2) is 16.6 Å². The number of hydrogen-bond acceptors (Lipinski definition) is 8. The number of aromatic amines is 1. The van der Waals surface area contributed by atoms with Gasteiger partial charge in [-0.05, 0) is 37.8 Å². The molecule has 10 heteroatoms. The van der Waals surface area contributed by atoms with Gasteiger partial charge in [-0.1, -0.05) is 11.6 Å². The predicted octanol–water partition coefficient (Wildman–Crippen LogP) is 2.77. The minimum atomic E-state index is 0.317. The fourth-order valence-corrected chi connectivity index (χ4v) is 4.20. The van der Waals surface area contributed by atoms with Crippen LogP contribution in [0.3, 0.4) is 0 Å². The molecule has 152 valence electrons. The Labute approximate surface area is 173 Å². The van der Waals surface area contributed by atoms with Crippen LogP contribution in [0.25, 0.3) is 11.0 Å². The third-order valence-corrected chi connectivity index (χ3v) is 5.94. The van der Waals surface area contributed by atoms with Gasteiger partial charge >= 0.3 is 0 Å². The third-order valence-electron chi connectivity index (χ3n) is 5.74. The molecule has 3 aromatic heterocycles. The fraction of sp³-hybridized carbons (Fsp3) is 0.526. The monoisotopic (exact) mass is 414 g/mol. The van der Waals surface area contributed by atoms with Crippen molar-refractivity contribution < 1.29 is 4.74 Å². The highest BCUT2D eigenvalue weighted by atomic mass is 35.5. The van der Waals surface area contributed by atoms with Crippen LogP contribution in [0, 0.1) is 0 Å². The Hall–Kier alpha value is -2.52. The number of H-pyrrole nitrogens is 1. The molecule has 0 aliphatic carbocycles. The number of piperidine rings is 1. The number of nitrogens with zero attached hydrogens (tertiary/aromatic N) is 6. The van der Waals surface area contributed by atoms with E-state index in [1.807, 2.05) is 12.3 Å². The van der Waals surface area contributed by atoms with Crippen molar-refractivity contribution in [2.24, 2.45) is 0 Å². The minimum Gasteiger partial charge on any atom is -0.381 e. The topological polar surface area (TPSA) is 105 Å². The van der Waals surface area contributed by atoms with Crippen LogP contribution in [0.4, 0.5) is 11.8 Å². The van der Waals surface area contributed by atoms with Gasteiger partial charge in [0.05, 0.1) is 5.39 Å². The van der Waals surface area contributed by atoms with Gasteiger partial charge in [-0.25, -0.2) is 4.98 Å². The molecule has 0 radical (unpaired) electrons. The van der Waals surface area contributed by atoms with E-state index in [0.717, 1.165) is 74.5 Å². The molecule has 2 aliphatic rings. The highest BCUT2D eigenvalue weighted by Gasteiger charge is 2.23. The molecule has 0 saturated carbocycles. The number of rotatable bonds is 4. The first-order valence-corrected chi connectivity index (χ1v) is 10.4. The first kappa shape index (κ1) is 18.5. The summed E-state index contributed by atoms with van der Waals surface area (Å²) >= 11 is 5.82. The Kier molecular flexibility index (Phi) is 5.15. The summed E-state index contributed by atoms with van der Waals surface area (Å²) < 4.78 is 5.46. The SMILES string of the molecule is Clc1ccc(N2CCC(Nc3ncc4c(C5CCOCC5)[nH]nc4n3)CC2)nn1. The maximum absolute atomic E-state index is 5.82. The highest BCUT2D eigenvalue weighted by Crippen LogP contribution is 2.30. The van der Waals surface area contributed by atoms with Gasteiger partial charge in [-0.15, -0.1) is 10.2 Å². The standard InChI is InChI=1S/C19H23ClN8O/c20-15-1-2-16(25-24-15)28-7-3-13(4-8-28)22-19-21-11-14-17(26-27-18(14)23-19)12-5-9-29-10-6-12/h1-2,11-13H,3-10H2,(H2,21,22,23,26,27). The van der Waals surface area contributed by atoms with Crippen molar-refractivity contribution in [1.29, 1.82) is 0 Å². The molecule has 0 aromatic carbocycles. The Balaban J connectivity index is 1.22. The van der Waals surface area contributed by atoms with Crippen LogP contribution in [0.15, 0.2) is 18.3 Å². The summed E-state index contributed by atoms with van der Waals surface area (Å²) in [5.74, 6) is 1.94. The molecular weight excluding hydrogens is 392 g/mol. The van der Waals surface area contributed by atoms with E-state index in [0.29, 0.717) is 23.1 Å². The summed E-state index contributed by atoms with van der Waals surface area (Å²) in [5.41, 5.74) is 1.85. The molecule has 0 spiro atoms. The van der Waals surface area contributed by atoms with Crippen LogP contribution < -0.4 is 10.2 Å². The number of anilines is 2. The average molecular weight is 415 g/mol. The molecule has 0 bridgehead atoms. The summed E-state index contributed by atoms with van der Waals surface area (Å²) in [6.45, 7) is 3.39. The molecular formula is C19H23ClN8O. The van der Waals surface area contributed by atoms with E-state index in [1.54, 1.807) is 6.07 Å². The number of ether oxygens (including phenoxy) is 1. The average Bonchev–Trinajstić information content (AvgIpc) is 3.19. The number of aromatic nitrogens is 6. The number of nitrogens with one attached hydrogen (secondary N) is 2. The van der Waals surface area contributed by atoms with Crippen LogP contribution in [0.5, 0.6) is 0 Å². The minimum absolute atomic E-state index is 0.317. The third kappa shape index (κ3) is 3.97. The van der Waals surface area contributed by atoms with Crippen molar-refractivity contribution in [3.05, 3.63) is 29.2 Å². The second-order valence-corrected chi connectivity index (χ2v) is 7.96. The van der Waals surface area contributed by atoms with Gasteiger partial charge in [0.25, 0.3) is 0 Å². The lowest BCUT2D eigenvalue weighted by Crippen LogP contribution is -2.39. The maximum Gasteiger partial charge on any atom is 0.224 e. The normalized spacial score (nSPS) is 19.0. The number of hydrogen-bond donors (Lipinski definition) is 2. The van der Waals surface area contributed by atoms with E-state index in [2.05, 4.69) is 40.6 Å². The van der Waals surface area contributed by atoms with Crippen molar-refractivity contribution in [3.63, 3.8) is 0 Å². The van der Waals surface area contributed by atoms with Gasteiger partial charge < -0.3 is 15.0 Å². The van der Waals surface area contributed by atoms with E-state index < -0.39 is 0 Å². The molecule has 0 unspecified atom stereocenters. The molecule has 5 heterocycles. The van der Waals surface area contributed by atoms with Crippen LogP contribution in [-0.4, -0.2) is 62.7 Å². The molecule has 2 aliphatic heterocycles. The lowest BCUT2D eigenvalue weighted by molar-refractivity contribution is 0.0847. The van der Waals surface area contributed by atoms with Gasteiger partial charge in [0.1, 0.15) is 0 Å². The molecule has 0 atom stereocenters. The maximum atomic E-state index is 5.82. The van der Waals surface area contributed by atoms with Crippen molar-refractivity contribution >= 4 is 34.4 Å². The summed E-state index contributed by atoms with van der Waals surface area (Å²) in [7, 11) is 0. The zero-order valence-corrected chi connectivity index (χ0v) is 16.8. The summed E-state index contributed by atoms with van der Waals surface area (Å²) in [6, 6.07) is 4.00. The fourth-order valence-electron chi connectivity index (χ4n) is 4.10. The lowest BCUT2D eigenvalue weighted by Gasteiger charge is -2.32. The van der Waals surface area contributed by atoms with Crippen molar-refractivity contribution in [1.82, 2.24) is 30.4 Å². The number of fused-ring (bicyclic) bond motifs is 1. The zero-order chi connectivity index (χ0) is 19.6. The van der Waals surface area contributed by atoms with Crippen LogP contribution in [0.1, 0.15) is 37.3 Å². The second kappa shape index (κ2) is 8.08. The molecule has 5 rings (SSSR count). The molecule has 2 saturated heterocycles. The summed E-state index contributed by atoms with van der Waals surface area (Å²) in [5, 5.41) is 20.6. The van der Waals surface area contributed by atoms with Crippen molar-refractivity contribution in [2.45, 2.75) is 37.6 Å². The highest BCUT2D eigenvalue weighted by molar-refractivity contribution is 6.29. The van der Waals surface area contributed by atoms with Crippen LogP contribution in [0.2, 0.25) is 5.15 Å². The van der Waals surface area contributed by atoms with E-state index >= 15 is 0 Å². The molecule has 3 aromatic rings. The first-order chi connectivity index (χ1) is 14.3. The van der Waals surface area contributed by atoms with E-state index in [-0.39, 0.29) is 0 Å². The zero-order valence-electron chi connectivity index (χ0n) is 16.0. The molecule has 0 amide bonds. The molecule has 2 N–H and O–H groups in total. The smallest absolute Gasteiger partial charge is 0.224 e. The van der Waals surface area contributed by atoms with Crippen LogP contribution >= 0.6 is 11.6 Å². The van der Waals surface area contributed by atoms with Gasteiger partial charge in [0.2, 0.25) is 5.95 Å². The molecule has 29 heavy (non-hydrogen) atoms. The molecule has 9 nitrogen and oxygen atoms in total. The van der Waals surface area contributed by atoms with E-state index in [4.69, 9.17) is 16.3 Å². The Morgan fingerprint density at radius 2 is 1.93 bits per heavy atom. The Morgan fingerprint density at radius 3 is 2.69 bits per heavy atom. The summed E-state index contributed by atoms with van der Waals surface area (Å²) in [6.07, 6.45) is 5.85. The van der Waals surface area contributed by atoms with Crippen molar-refractivity contribution in [3.8, 4) is 0 Å². The van der Waals surface area contributed by atoms with Crippen molar-refractivity contribution in [2.75, 3.05) is 36.5 Å². The number of halogens is 1. The largest absolute Gasteiger partial charge is 0.381 e. The molecule has 2 fully saturated rings. The summed E-state index contributed by atoms with van der Waals surface area (Å²) in [4.78, 5) is 11.4. The Bertz CT molecular complexity index is 964. The van der Waals surface area contributed by atoms with Gasteiger partial charge in [0, 0.05) is 50.2 Å². The van der Waals surface area contributed by atoms with Gasteiger partial charge in [-0.3, -0.25) is 5.10 Å².